The molecule has 0 N–H and O–H groups in total. The molecule has 0 aliphatic carbocycles. The van der Waals surface area contributed by atoms with Crippen LogP contribution in [0.4, 0.5) is 0 Å². The monoisotopic (exact) mass is 701 g/mol. The molecule has 0 amide bonds. The summed E-state index contributed by atoms with van der Waals surface area (Å²) in [5.41, 5.74) is 15.3. The van der Waals surface area contributed by atoms with Crippen molar-refractivity contribution in [3.05, 3.63) is 258 Å². The molecule has 260 valence electrons. The molecule has 1 nitrogen and oxygen atoms in total. The van der Waals surface area contributed by atoms with Crippen molar-refractivity contribution >= 4 is 34.1 Å². The Hall–Kier alpha value is -7.22. The number of benzene rings is 8. The third-order valence-electron chi connectivity index (χ3n) is 10.2. The Morgan fingerprint density at radius 2 is 0.582 bits per heavy atom. The summed E-state index contributed by atoms with van der Waals surface area (Å²) in [5, 5.41) is 2.44. The fraction of sp³-hybridized carbons (Fsp3) is 0. The lowest BCUT2D eigenvalue weighted by atomic mass is 9.95. The predicted molar refractivity (Wildman–Crippen MR) is 234 cm³/mol. The number of aromatic nitrogens is 1. The molecule has 0 aliphatic heterocycles. The summed E-state index contributed by atoms with van der Waals surface area (Å²) < 4.78 is 2.44. The maximum atomic E-state index is 2.44. The van der Waals surface area contributed by atoms with E-state index in [1.807, 2.05) is 0 Å². The maximum absolute atomic E-state index is 2.44. The van der Waals surface area contributed by atoms with E-state index in [9.17, 15) is 0 Å². The molecule has 0 saturated heterocycles. The highest BCUT2D eigenvalue weighted by Gasteiger charge is 2.21. The number of nitrogens with zero attached hydrogens (tertiary/aromatic N) is 1. The molecule has 0 saturated carbocycles. The molecule has 0 radical (unpaired) electrons. The molecule has 0 aliphatic rings. The van der Waals surface area contributed by atoms with Crippen molar-refractivity contribution in [2.75, 3.05) is 0 Å². The van der Waals surface area contributed by atoms with Gasteiger partial charge in [0.05, 0.1) is 11.4 Å². The molecule has 55 heavy (non-hydrogen) atoms. The van der Waals surface area contributed by atoms with E-state index in [2.05, 4.69) is 241 Å². The average molecular weight is 702 g/mol. The zero-order valence-corrected chi connectivity index (χ0v) is 30.5. The van der Waals surface area contributed by atoms with Crippen molar-refractivity contribution in [1.82, 2.24) is 4.57 Å². The molecule has 0 unspecified atom stereocenters. The maximum Gasteiger partial charge on any atom is 0.0613 e. The highest BCUT2D eigenvalue weighted by Crippen LogP contribution is 2.42. The van der Waals surface area contributed by atoms with Gasteiger partial charge in [0.2, 0.25) is 0 Å². The molecule has 0 fully saturated rings. The van der Waals surface area contributed by atoms with Gasteiger partial charge in [-0.05, 0) is 79.9 Å². The van der Waals surface area contributed by atoms with E-state index in [0.29, 0.717) is 0 Å². The summed E-state index contributed by atoms with van der Waals surface area (Å²) in [6.07, 6.45) is 4.59. The van der Waals surface area contributed by atoms with Gasteiger partial charge in [-0.3, -0.25) is 0 Å². The molecule has 9 rings (SSSR count). The first-order valence-corrected chi connectivity index (χ1v) is 18.8. The lowest BCUT2D eigenvalue weighted by molar-refractivity contribution is 1.10. The second kappa shape index (κ2) is 15.4. The average Bonchev–Trinajstić information content (AvgIpc) is 3.62. The Morgan fingerprint density at radius 1 is 0.291 bits per heavy atom. The van der Waals surface area contributed by atoms with Gasteiger partial charge >= 0.3 is 0 Å². The first-order valence-electron chi connectivity index (χ1n) is 18.8. The van der Waals surface area contributed by atoms with Crippen LogP contribution in [0.1, 0.15) is 33.4 Å². The molecule has 0 bridgehead atoms. The molecule has 1 heteroatoms. The van der Waals surface area contributed by atoms with Gasteiger partial charge in [-0.15, -0.1) is 0 Å². The third kappa shape index (κ3) is 7.00. The Balaban J connectivity index is 1.16. The highest BCUT2D eigenvalue weighted by atomic mass is 15.0. The number of fused-ring (bicyclic) bond motifs is 1. The smallest absolute Gasteiger partial charge is 0.0613 e. The summed E-state index contributed by atoms with van der Waals surface area (Å²) in [6.45, 7) is 0. The van der Waals surface area contributed by atoms with E-state index in [1.54, 1.807) is 0 Å². The highest BCUT2D eigenvalue weighted by molar-refractivity contribution is 6.07. The summed E-state index contributed by atoms with van der Waals surface area (Å²) >= 11 is 0. The molecule has 0 atom stereocenters. The van der Waals surface area contributed by atoms with Gasteiger partial charge in [-0.2, -0.15) is 0 Å². The molecule has 1 aromatic heterocycles. The van der Waals surface area contributed by atoms with Crippen LogP contribution < -0.4 is 0 Å². The minimum absolute atomic E-state index is 1.13. The second-order valence-electron chi connectivity index (χ2n) is 13.7. The van der Waals surface area contributed by atoms with E-state index in [0.717, 1.165) is 16.8 Å². The molecular weight excluding hydrogens is 663 g/mol. The van der Waals surface area contributed by atoms with E-state index in [1.165, 1.54) is 66.7 Å². The van der Waals surface area contributed by atoms with Crippen molar-refractivity contribution < 1.29 is 0 Å². The Labute approximate surface area is 323 Å². The van der Waals surface area contributed by atoms with Crippen molar-refractivity contribution in [1.29, 1.82) is 0 Å². The van der Waals surface area contributed by atoms with Crippen molar-refractivity contribution in [3.63, 3.8) is 0 Å². The number of para-hydroxylation sites is 1. The van der Waals surface area contributed by atoms with Gasteiger partial charge in [0.1, 0.15) is 0 Å². The van der Waals surface area contributed by atoms with Crippen molar-refractivity contribution in [3.8, 4) is 28.2 Å². The predicted octanol–water partition coefficient (Wildman–Crippen LogP) is 14.1. The summed E-state index contributed by atoms with van der Waals surface area (Å²) in [6, 6.07) is 80.2. The zero-order chi connectivity index (χ0) is 36.8. The molecule has 8 aromatic carbocycles. The Bertz CT molecular complexity index is 2470. The fourth-order valence-corrected chi connectivity index (χ4v) is 7.60. The van der Waals surface area contributed by atoms with Crippen LogP contribution >= 0.6 is 0 Å². The van der Waals surface area contributed by atoms with Gasteiger partial charge in [0, 0.05) is 16.5 Å². The van der Waals surface area contributed by atoms with E-state index in [-0.39, 0.29) is 0 Å². The number of hydrogen-bond donors (Lipinski definition) is 0. The second-order valence-corrected chi connectivity index (χ2v) is 13.7. The molecule has 0 spiro atoms. The van der Waals surface area contributed by atoms with Gasteiger partial charge in [-0.1, -0.05) is 212 Å². The molecule has 1 heterocycles. The summed E-state index contributed by atoms with van der Waals surface area (Å²) in [4.78, 5) is 0. The van der Waals surface area contributed by atoms with Crippen LogP contribution in [0.5, 0.6) is 0 Å². The first kappa shape index (κ1) is 33.6. The minimum Gasteiger partial charge on any atom is -0.308 e. The van der Waals surface area contributed by atoms with Crippen LogP contribution in [0.2, 0.25) is 0 Å². The Morgan fingerprint density at radius 3 is 0.909 bits per heavy atom. The first-order chi connectivity index (χ1) is 27.3. The van der Waals surface area contributed by atoms with E-state index in [4.69, 9.17) is 0 Å². The van der Waals surface area contributed by atoms with Gasteiger partial charge in [-0.25, -0.2) is 0 Å². The normalized spacial score (nSPS) is 10.9. The lowest BCUT2D eigenvalue weighted by Gasteiger charge is -2.15. The van der Waals surface area contributed by atoms with E-state index < -0.39 is 0 Å². The van der Waals surface area contributed by atoms with Crippen LogP contribution in [-0.2, 0) is 0 Å². The standard InChI is InChI=1S/C54H39N/c1-6-18-42(19-7-1)51(43-20-8-2-9-21-43)38-40-30-34-46(35-31-40)53-49-28-16-17-29-50(49)54(55(53)48-26-14-5-15-27-48)47-36-32-41(33-37-47)39-52(44-22-10-3-11-23-44)45-24-12-4-13-25-45/h1-39H. The van der Waals surface area contributed by atoms with Crippen LogP contribution in [-0.4, -0.2) is 4.57 Å². The lowest BCUT2D eigenvalue weighted by Crippen LogP contribution is -1.99. The van der Waals surface area contributed by atoms with Gasteiger partial charge in [0.15, 0.2) is 0 Å². The minimum atomic E-state index is 1.13. The van der Waals surface area contributed by atoms with Crippen LogP contribution in [0, 0.1) is 0 Å². The quantitative estimate of drug-likeness (QED) is 0.132. The summed E-state index contributed by atoms with van der Waals surface area (Å²) in [5.74, 6) is 0. The SMILES string of the molecule is C(=C(c1ccccc1)c1ccccc1)c1ccc(-c2c3ccccc3c(-c3ccc(C=C(c4ccccc4)c4ccccc4)cc3)n2-c2ccccc2)cc1. The zero-order valence-electron chi connectivity index (χ0n) is 30.5. The molecule has 9 aromatic rings. The summed E-state index contributed by atoms with van der Waals surface area (Å²) in [7, 11) is 0. The van der Waals surface area contributed by atoms with Crippen LogP contribution in [0.3, 0.4) is 0 Å². The van der Waals surface area contributed by atoms with Crippen LogP contribution in [0.25, 0.3) is 62.3 Å². The topological polar surface area (TPSA) is 4.93 Å². The van der Waals surface area contributed by atoms with Crippen molar-refractivity contribution in [2.45, 2.75) is 0 Å². The largest absolute Gasteiger partial charge is 0.308 e. The third-order valence-corrected chi connectivity index (χ3v) is 10.2. The fourth-order valence-electron chi connectivity index (χ4n) is 7.60. The molecular formula is C54H39N. The van der Waals surface area contributed by atoms with E-state index >= 15 is 0 Å². The Kier molecular flexibility index (Phi) is 9.41. The number of hydrogen-bond acceptors (Lipinski definition) is 0. The van der Waals surface area contributed by atoms with Crippen molar-refractivity contribution in [2.24, 2.45) is 0 Å². The van der Waals surface area contributed by atoms with Crippen LogP contribution in [0.15, 0.2) is 224 Å². The van der Waals surface area contributed by atoms with Gasteiger partial charge < -0.3 is 4.57 Å². The number of rotatable bonds is 9. The van der Waals surface area contributed by atoms with Gasteiger partial charge in [0.25, 0.3) is 0 Å².